The van der Waals surface area contributed by atoms with Crippen LogP contribution in [-0.4, -0.2) is 5.11 Å². The quantitative estimate of drug-likeness (QED) is 0.916. The number of rotatable bonds is 3. The van der Waals surface area contributed by atoms with Crippen molar-refractivity contribution in [3.05, 3.63) is 58.6 Å². The molecule has 0 atom stereocenters. The second-order valence-electron chi connectivity index (χ2n) is 3.59. The number of ether oxygens (including phenoxy) is 1. The fourth-order valence-electron chi connectivity index (χ4n) is 1.42. The summed E-state index contributed by atoms with van der Waals surface area (Å²) >= 11 is 5.80. The molecule has 0 radical (unpaired) electrons. The second kappa shape index (κ2) is 5.33. The van der Waals surface area contributed by atoms with E-state index in [-0.39, 0.29) is 12.4 Å². The summed E-state index contributed by atoms with van der Waals surface area (Å²) in [5, 5.41) is 9.55. The normalized spacial score (nSPS) is 10.4. The molecule has 5 heteroatoms. The van der Waals surface area contributed by atoms with Crippen molar-refractivity contribution < 1.29 is 18.6 Å². The molecule has 0 aliphatic heterocycles. The first-order valence-corrected chi connectivity index (χ1v) is 5.50. The molecule has 2 aromatic rings. The van der Waals surface area contributed by atoms with Gasteiger partial charge in [0.25, 0.3) is 0 Å². The molecule has 0 fully saturated rings. The van der Waals surface area contributed by atoms with E-state index in [4.69, 9.17) is 21.4 Å². The first kappa shape index (κ1) is 12.8. The summed E-state index contributed by atoms with van der Waals surface area (Å²) < 4.78 is 31.1. The van der Waals surface area contributed by atoms with Crippen LogP contribution in [-0.2, 0) is 6.61 Å². The molecule has 0 aromatic heterocycles. The zero-order valence-corrected chi connectivity index (χ0v) is 9.92. The van der Waals surface area contributed by atoms with Crippen molar-refractivity contribution >= 4 is 11.6 Å². The van der Waals surface area contributed by atoms with Gasteiger partial charge >= 0.3 is 0 Å². The van der Waals surface area contributed by atoms with Crippen LogP contribution in [0.3, 0.4) is 0 Å². The predicted octanol–water partition coefficient (Wildman–Crippen LogP) is 3.90. The van der Waals surface area contributed by atoms with Crippen molar-refractivity contribution in [1.82, 2.24) is 0 Å². The van der Waals surface area contributed by atoms with Crippen molar-refractivity contribution in [2.24, 2.45) is 0 Å². The molecule has 0 aliphatic rings. The molecular formula is C13H9ClF2O2. The van der Waals surface area contributed by atoms with Crippen LogP contribution in [0, 0.1) is 11.6 Å². The van der Waals surface area contributed by atoms with Crippen molar-refractivity contribution in [2.45, 2.75) is 6.61 Å². The Bertz CT molecular complexity index is 573. The van der Waals surface area contributed by atoms with Crippen LogP contribution in [0.2, 0.25) is 5.02 Å². The second-order valence-corrected chi connectivity index (χ2v) is 4.02. The van der Waals surface area contributed by atoms with Gasteiger partial charge in [-0.05, 0) is 24.3 Å². The maximum Gasteiger partial charge on any atom is 0.162 e. The van der Waals surface area contributed by atoms with Gasteiger partial charge in [0.15, 0.2) is 11.6 Å². The average Bonchev–Trinajstić information content (AvgIpc) is 2.34. The zero-order valence-electron chi connectivity index (χ0n) is 9.16. The Kier molecular flexibility index (Phi) is 3.79. The van der Waals surface area contributed by atoms with Gasteiger partial charge in [0.2, 0.25) is 0 Å². The van der Waals surface area contributed by atoms with Gasteiger partial charge in [-0.3, -0.25) is 0 Å². The van der Waals surface area contributed by atoms with Crippen LogP contribution in [0.1, 0.15) is 5.56 Å². The summed E-state index contributed by atoms with van der Waals surface area (Å²) in [5.74, 6) is -1.52. The van der Waals surface area contributed by atoms with Gasteiger partial charge in [0.1, 0.15) is 11.5 Å². The molecule has 0 bridgehead atoms. The summed E-state index contributed by atoms with van der Waals surface area (Å²) in [7, 11) is 0. The number of hydrogen-bond acceptors (Lipinski definition) is 2. The Morgan fingerprint density at radius 1 is 1.06 bits per heavy atom. The molecule has 0 unspecified atom stereocenters. The lowest BCUT2D eigenvalue weighted by Gasteiger charge is -2.10. The van der Waals surface area contributed by atoms with Crippen LogP contribution in [0.15, 0.2) is 36.4 Å². The summed E-state index contributed by atoms with van der Waals surface area (Å²) in [6.45, 7) is -0.240. The molecule has 18 heavy (non-hydrogen) atoms. The largest absolute Gasteiger partial charge is 0.457 e. The van der Waals surface area contributed by atoms with Crippen LogP contribution < -0.4 is 4.74 Å². The van der Waals surface area contributed by atoms with Crippen molar-refractivity contribution in [2.75, 3.05) is 0 Å². The molecule has 2 aromatic carbocycles. The first-order valence-electron chi connectivity index (χ1n) is 5.12. The summed E-state index contributed by atoms with van der Waals surface area (Å²) in [4.78, 5) is 0. The molecule has 0 heterocycles. The minimum absolute atomic E-state index is 0.130. The minimum Gasteiger partial charge on any atom is -0.457 e. The lowest BCUT2D eigenvalue weighted by molar-refractivity contribution is 0.276. The highest BCUT2D eigenvalue weighted by Gasteiger charge is 2.08. The monoisotopic (exact) mass is 270 g/mol. The Balaban J connectivity index is 2.33. The number of benzene rings is 2. The summed E-state index contributed by atoms with van der Waals surface area (Å²) in [6.07, 6.45) is 0. The van der Waals surface area contributed by atoms with Crippen molar-refractivity contribution in [3.8, 4) is 11.5 Å². The van der Waals surface area contributed by atoms with Gasteiger partial charge in [-0.1, -0.05) is 17.7 Å². The standard InChI is InChI=1S/C13H9ClF2O2/c14-9-2-1-8(7-17)13(5-9)18-10-3-4-11(15)12(16)6-10/h1-6,17H,7H2. The van der Waals surface area contributed by atoms with E-state index < -0.39 is 11.6 Å². The third-order valence-corrected chi connectivity index (χ3v) is 2.55. The lowest BCUT2D eigenvalue weighted by atomic mass is 10.2. The Morgan fingerprint density at radius 2 is 1.83 bits per heavy atom. The van der Waals surface area contributed by atoms with E-state index in [0.717, 1.165) is 12.1 Å². The first-order chi connectivity index (χ1) is 8.60. The van der Waals surface area contributed by atoms with Crippen molar-refractivity contribution in [3.63, 3.8) is 0 Å². The molecule has 0 spiro atoms. The highest BCUT2D eigenvalue weighted by molar-refractivity contribution is 6.30. The van der Waals surface area contributed by atoms with Gasteiger partial charge in [-0.15, -0.1) is 0 Å². The van der Waals surface area contributed by atoms with E-state index in [1.54, 1.807) is 12.1 Å². The molecule has 2 nitrogen and oxygen atoms in total. The molecule has 0 amide bonds. The number of aliphatic hydroxyl groups excluding tert-OH is 1. The van der Waals surface area contributed by atoms with E-state index in [1.807, 2.05) is 0 Å². The maximum absolute atomic E-state index is 13.0. The smallest absolute Gasteiger partial charge is 0.162 e. The highest BCUT2D eigenvalue weighted by Crippen LogP contribution is 2.29. The van der Waals surface area contributed by atoms with Crippen LogP contribution in [0.25, 0.3) is 0 Å². The van der Waals surface area contributed by atoms with E-state index in [2.05, 4.69) is 0 Å². The molecular weight excluding hydrogens is 262 g/mol. The SMILES string of the molecule is OCc1ccc(Cl)cc1Oc1ccc(F)c(F)c1. The molecule has 2 rings (SSSR count). The molecule has 1 N–H and O–H groups in total. The topological polar surface area (TPSA) is 29.5 Å². The highest BCUT2D eigenvalue weighted by atomic mass is 35.5. The van der Waals surface area contributed by atoms with Gasteiger partial charge in [0, 0.05) is 16.7 Å². The molecule has 0 aliphatic carbocycles. The summed E-state index contributed by atoms with van der Waals surface area (Å²) in [5.41, 5.74) is 0.504. The van der Waals surface area contributed by atoms with E-state index in [1.165, 1.54) is 12.1 Å². The van der Waals surface area contributed by atoms with Crippen LogP contribution in [0.4, 0.5) is 8.78 Å². The van der Waals surface area contributed by atoms with Gasteiger partial charge in [-0.2, -0.15) is 0 Å². The Labute approximate surface area is 107 Å². The lowest BCUT2D eigenvalue weighted by Crippen LogP contribution is -1.93. The Morgan fingerprint density at radius 3 is 2.50 bits per heavy atom. The number of hydrogen-bond donors (Lipinski definition) is 1. The summed E-state index contributed by atoms with van der Waals surface area (Å²) in [6, 6.07) is 7.88. The average molecular weight is 271 g/mol. The van der Waals surface area contributed by atoms with Gasteiger partial charge in [-0.25, -0.2) is 8.78 Å². The van der Waals surface area contributed by atoms with E-state index >= 15 is 0 Å². The predicted molar refractivity (Wildman–Crippen MR) is 63.8 cm³/mol. The molecule has 0 saturated carbocycles. The minimum atomic E-state index is -1.000. The van der Waals surface area contributed by atoms with E-state index in [0.29, 0.717) is 16.3 Å². The molecule has 94 valence electrons. The van der Waals surface area contributed by atoms with Gasteiger partial charge in [0.05, 0.1) is 6.61 Å². The zero-order chi connectivity index (χ0) is 13.1. The number of halogens is 3. The van der Waals surface area contributed by atoms with Crippen molar-refractivity contribution in [1.29, 1.82) is 0 Å². The fraction of sp³-hybridized carbons (Fsp3) is 0.0769. The van der Waals surface area contributed by atoms with Crippen LogP contribution >= 0.6 is 11.6 Å². The Hall–Kier alpha value is -1.65. The van der Waals surface area contributed by atoms with E-state index in [9.17, 15) is 8.78 Å². The fourth-order valence-corrected chi connectivity index (χ4v) is 1.58. The number of aliphatic hydroxyl groups is 1. The third kappa shape index (κ3) is 2.78. The molecule has 0 saturated heterocycles. The van der Waals surface area contributed by atoms with Crippen LogP contribution in [0.5, 0.6) is 11.5 Å². The maximum atomic E-state index is 13.0. The van der Waals surface area contributed by atoms with Gasteiger partial charge < -0.3 is 9.84 Å². The third-order valence-electron chi connectivity index (χ3n) is 2.32.